The Bertz CT molecular complexity index is 1020. The van der Waals surface area contributed by atoms with Crippen molar-refractivity contribution in [1.29, 1.82) is 0 Å². The number of alkyl halides is 3. The van der Waals surface area contributed by atoms with Gasteiger partial charge in [-0.15, -0.1) is 0 Å². The van der Waals surface area contributed by atoms with Gasteiger partial charge in [0.2, 0.25) is 0 Å². The standard InChI is InChI=1S/C20H15BrF3N3O/c1-12-15(9-10-17(25-12)13-5-4-6-14(21)11-13)19(28)27-26-18-8-3-2-7-16(18)20(22,23)24/h2-11,26H,1H3,(H,27,28). The second-order valence-electron chi connectivity index (χ2n) is 5.96. The third-order valence-electron chi connectivity index (χ3n) is 3.99. The van der Waals surface area contributed by atoms with E-state index in [2.05, 4.69) is 31.8 Å². The summed E-state index contributed by atoms with van der Waals surface area (Å²) in [5.41, 5.74) is 5.83. The van der Waals surface area contributed by atoms with Gasteiger partial charge in [-0.25, -0.2) is 0 Å². The molecule has 3 rings (SSSR count). The fourth-order valence-electron chi connectivity index (χ4n) is 2.64. The Morgan fingerprint density at radius 1 is 1.04 bits per heavy atom. The maximum Gasteiger partial charge on any atom is 0.418 e. The fraction of sp³-hybridized carbons (Fsp3) is 0.100. The van der Waals surface area contributed by atoms with Crippen LogP contribution in [0.15, 0.2) is 65.1 Å². The van der Waals surface area contributed by atoms with Crippen molar-refractivity contribution in [2.24, 2.45) is 0 Å². The van der Waals surface area contributed by atoms with Crippen molar-refractivity contribution < 1.29 is 18.0 Å². The highest BCUT2D eigenvalue weighted by Crippen LogP contribution is 2.34. The molecular formula is C20H15BrF3N3O. The summed E-state index contributed by atoms with van der Waals surface area (Å²) in [4.78, 5) is 16.8. The Balaban J connectivity index is 1.77. The smallest absolute Gasteiger partial charge is 0.298 e. The molecule has 0 spiro atoms. The minimum atomic E-state index is -4.53. The van der Waals surface area contributed by atoms with Gasteiger partial charge in [-0.3, -0.25) is 20.6 Å². The predicted molar refractivity (Wildman–Crippen MR) is 105 cm³/mol. The van der Waals surface area contributed by atoms with Gasteiger partial charge in [0, 0.05) is 10.0 Å². The van der Waals surface area contributed by atoms with Crippen LogP contribution in [0.3, 0.4) is 0 Å². The second kappa shape index (κ2) is 8.02. The lowest BCUT2D eigenvalue weighted by Crippen LogP contribution is -2.31. The van der Waals surface area contributed by atoms with E-state index >= 15 is 0 Å². The van der Waals surface area contributed by atoms with Gasteiger partial charge in [0.05, 0.1) is 28.2 Å². The van der Waals surface area contributed by atoms with Crippen LogP contribution in [0.1, 0.15) is 21.6 Å². The van der Waals surface area contributed by atoms with E-state index in [1.807, 2.05) is 24.3 Å². The molecule has 28 heavy (non-hydrogen) atoms. The summed E-state index contributed by atoms with van der Waals surface area (Å²) in [5, 5.41) is 0. The average Bonchev–Trinajstić information content (AvgIpc) is 2.65. The molecule has 0 aliphatic carbocycles. The van der Waals surface area contributed by atoms with Crippen LogP contribution in [0, 0.1) is 6.92 Å². The van der Waals surface area contributed by atoms with Gasteiger partial charge >= 0.3 is 6.18 Å². The number of aromatic nitrogens is 1. The monoisotopic (exact) mass is 449 g/mol. The van der Waals surface area contributed by atoms with Crippen molar-refractivity contribution >= 4 is 27.5 Å². The number of carbonyl (C=O) groups excluding carboxylic acids is 1. The van der Waals surface area contributed by atoms with E-state index in [0.717, 1.165) is 16.1 Å². The number of pyridine rings is 1. The number of para-hydroxylation sites is 1. The number of hydrogen-bond acceptors (Lipinski definition) is 3. The first kappa shape index (κ1) is 19.9. The molecule has 2 aromatic carbocycles. The molecule has 2 N–H and O–H groups in total. The summed E-state index contributed by atoms with van der Waals surface area (Å²) in [5.74, 6) is -0.581. The van der Waals surface area contributed by atoms with Crippen LogP contribution in [0.4, 0.5) is 18.9 Å². The Hall–Kier alpha value is -2.87. The normalized spacial score (nSPS) is 11.2. The molecule has 1 heterocycles. The Kier molecular flexibility index (Phi) is 5.69. The van der Waals surface area contributed by atoms with Gasteiger partial charge < -0.3 is 0 Å². The highest BCUT2D eigenvalue weighted by atomic mass is 79.9. The predicted octanol–water partition coefficient (Wildman–Crippen LogP) is 5.60. The molecule has 0 aliphatic rings. The molecule has 0 atom stereocenters. The van der Waals surface area contributed by atoms with Gasteiger partial charge in [-0.05, 0) is 43.3 Å². The molecule has 0 bridgehead atoms. The maximum atomic E-state index is 13.0. The lowest BCUT2D eigenvalue weighted by molar-refractivity contribution is -0.137. The van der Waals surface area contributed by atoms with E-state index in [4.69, 9.17) is 0 Å². The lowest BCUT2D eigenvalue weighted by Gasteiger charge is -2.15. The van der Waals surface area contributed by atoms with Gasteiger partial charge in [0.25, 0.3) is 5.91 Å². The molecule has 1 amide bonds. The number of halogens is 4. The zero-order chi connectivity index (χ0) is 20.3. The summed E-state index contributed by atoms with van der Waals surface area (Å²) >= 11 is 3.40. The summed E-state index contributed by atoms with van der Waals surface area (Å²) < 4.78 is 40.0. The molecule has 1 aromatic heterocycles. The summed E-state index contributed by atoms with van der Waals surface area (Å²) in [6.45, 7) is 1.67. The van der Waals surface area contributed by atoms with E-state index in [-0.39, 0.29) is 11.3 Å². The SMILES string of the molecule is Cc1nc(-c2cccc(Br)c2)ccc1C(=O)NNc1ccccc1C(F)(F)F. The van der Waals surface area contributed by atoms with Crippen LogP contribution in [0.2, 0.25) is 0 Å². The molecular weight excluding hydrogens is 435 g/mol. The largest absolute Gasteiger partial charge is 0.418 e. The molecule has 0 fully saturated rings. The number of amides is 1. The van der Waals surface area contributed by atoms with Gasteiger partial charge in [-0.2, -0.15) is 13.2 Å². The highest BCUT2D eigenvalue weighted by Gasteiger charge is 2.33. The number of carbonyl (C=O) groups is 1. The van der Waals surface area contributed by atoms with Gasteiger partial charge in [0.15, 0.2) is 0 Å². The molecule has 0 saturated heterocycles. The second-order valence-corrected chi connectivity index (χ2v) is 6.88. The minimum Gasteiger partial charge on any atom is -0.298 e. The quantitative estimate of drug-likeness (QED) is 0.510. The van der Waals surface area contributed by atoms with Gasteiger partial charge in [0.1, 0.15) is 0 Å². The first-order chi connectivity index (χ1) is 13.3. The Labute approximate surface area is 167 Å². The number of nitrogens with one attached hydrogen (secondary N) is 2. The maximum absolute atomic E-state index is 13.0. The van der Waals surface area contributed by atoms with Crippen LogP contribution in [-0.4, -0.2) is 10.9 Å². The number of nitrogens with zero attached hydrogens (tertiary/aromatic N) is 1. The Morgan fingerprint density at radius 3 is 2.46 bits per heavy atom. The van der Waals surface area contributed by atoms with Crippen LogP contribution in [0.25, 0.3) is 11.3 Å². The van der Waals surface area contributed by atoms with Crippen LogP contribution < -0.4 is 10.9 Å². The molecule has 0 saturated carbocycles. The van der Waals surface area contributed by atoms with Gasteiger partial charge in [-0.1, -0.05) is 40.2 Å². The molecule has 0 unspecified atom stereocenters. The zero-order valence-corrected chi connectivity index (χ0v) is 16.2. The third kappa shape index (κ3) is 4.51. The van der Waals surface area contributed by atoms with Crippen molar-refractivity contribution in [1.82, 2.24) is 10.4 Å². The van der Waals surface area contributed by atoms with E-state index in [1.54, 1.807) is 19.1 Å². The van der Waals surface area contributed by atoms with Crippen molar-refractivity contribution in [3.63, 3.8) is 0 Å². The van der Waals surface area contributed by atoms with E-state index in [9.17, 15) is 18.0 Å². The molecule has 0 aliphatic heterocycles. The summed E-state index contributed by atoms with van der Waals surface area (Å²) in [6.07, 6.45) is -4.53. The summed E-state index contributed by atoms with van der Waals surface area (Å²) in [7, 11) is 0. The van der Waals surface area contributed by atoms with Crippen LogP contribution in [0.5, 0.6) is 0 Å². The van der Waals surface area contributed by atoms with Crippen molar-refractivity contribution in [2.75, 3.05) is 5.43 Å². The number of rotatable bonds is 4. The first-order valence-corrected chi connectivity index (χ1v) is 9.01. The minimum absolute atomic E-state index is 0.236. The highest BCUT2D eigenvalue weighted by molar-refractivity contribution is 9.10. The molecule has 144 valence electrons. The first-order valence-electron chi connectivity index (χ1n) is 8.22. The summed E-state index contributed by atoms with van der Waals surface area (Å²) in [6, 6.07) is 15.7. The number of hydrogen-bond donors (Lipinski definition) is 2. The zero-order valence-electron chi connectivity index (χ0n) is 14.6. The Morgan fingerprint density at radius 2 is 1.79 bits per heavy atom. The molecule has 4 nitrogen and oxygen atoms in total. The van der Waals surface area contributed by atoms with Crippen molar-refractivity contribution in [2.45, 2.75) is 13.1 Å². The molecule has 8 heteroatoms. The number of aryl methyl sites for hydroxylation is 1. The van der Waals surface area contributed by atoms with E-state index in [0.29, 0.717) is 11.4 Å². The van der Waals surface area contributed by atoms with Crippen LogP contribution >= 0.6 is 15.9 Å². The number of anilines is 1. The van der Waals surface area contributed by atoms with Crippen LogP contribution in [-0.2, 0) is 6.18 Å². The van der Waals surface area contributed by atoms with E-state index in [1.165, 1.54) is 18.2 Å². The number of benzene rings is 2. The third-order valence-corrected chi connectivity index (χ3v) is 4.49. The number of hydrazine groups is 1. The topological polar surface area (TPSA) is 54.0 Å². The average molecular weight is 450 g/mol. The molecule has 0 radical (unpaired) electrons. The lowest BCUT2D eigenvalue weighted by atomic mass is 10.1. The van der Waals surface area contributed by atoms with Crippen molar-refractivity contribution in [3.05, 3.63) is 82.0 Å². The molecule has 3 aromatic rings. The van der Waals surface area contributed by atoms with Crippen molar-refractivity contribution in [3.8, 4) is 11.3 Å². The fourth-order valence-corrected chi connectivity index (χ4v) is 3.04. The van der Waals surface area contributed by atoms with E-state index < -0.39 is 17.6 Å².